The lowest BCUT2D eigenvalue weighted by molar-refractivity contribution is 0.0956. The molecule has 5 nitrogen and oxygen atoms in total. The van der Waals surface area contributed by atoms with Crippen LogP contribution in [0.2, 0.25) is 0 Å². The van der Waals surface area contributed by atoms with E-state index in [1.165, 1.54) is 17.2 Å². The molecule has 0 unspecified atom stereocenters. The van der Waals surface area contributed by atoms with Gasteiger partial charge < -0.3 is 5.32 Å². The number of benzene rings is 3. The molecule has 0 bridgehead atoms. The van der Waals surface area contributed by atoms with Gasteiger partial charge in [-0.1, -0.05) is 42.5 Å². The van der Waals surface area contributed by atoms with Gasteiger partial charge in [0.25, 0.3) is 15.9 Å². The van der Waals surface area contributed by atoms with Crippen LogP contribution in [0.25, 0.3) is 0 Å². The van der Waals surface area contributed by atoms with Gasteiger partial charge in [-0.15, -0.1) is 0 Å². The Labute approximate surface area is 194 Å². The van der Waals surface area contributed by atoms with E-state index in [0.29, 0.717) is 23.4 Å². The Morgan fingerprint density at radius 3 is 2.44 bits per heavy atom. The standard InChI is InChI=1S/C25H28N2O3S2/c1-18-7-6-10-23(15-18)27-32(29,30)24-16-21(12-11-20(24)3)25(28)26-13-14-31-17-22-9-5-4-8-19(22)2/h4-12,15-16,27H,13-14,17H2,1-3H3,(H,26,28). The van der Waals surface area contributed by atoms with Crippen molar-refractivity contribution in [1.29, 1.82) is 0 Å². The summed E-state index contributed by atoms with van der Waals surface area (Å²) >= 11 is 1.75. The molecule has 32 heavy (non-hydrogen) atoms. The highest BCUT2D eigenvalue weighted by molar-refractivity contribution is 7.98. The van der Waals surface area contributed by atoms with E-state index >= 15 is 0 Å². The molecule has 1 amide bonds. The number of carbonyl (C=O) groups is 1. The average Bonchev–Trinajstić information content (AvgIpc) is 2.74. The smallest absolute Gasteiger partial charge is 0.262 e. The number of rotatable bonds is 9. The van der Waals surface area contributed by atoms with Crippen LogP contribution in [0.1, 0.15) is 32.6 Å². The summed E-state index contributed by atoms with van der Waals surface area (Å²) < 4.78 is 28.4. The molecule has 0 spiro atoms. The van der Waals surface area contributed by atoms with Gasteiger partial charge in [-0.25, -0.2) is 8.42 Å². The zero-order valence-electron chi connectivity index (χ0n) is 18.5. The van der Waals surface area contributed by atoms with Crippen LogP contribution in [0.15, 0.2) is 71.6 Å². The van der Waals surface area contributed by atoms with E-state index in [-0.39, 0.29) is 10.8 Å². The number of amides is 1. The normalized spacial score (nSPS) is 11.2. The Morgan fingerprint density at radius 1 is 0.906 bits per heavy atom. The third-order valence-electron chi connectivity index (χ3n) is 5.06. The molecular formula is C25H28N2O3S2. The zero-order valence-corrected chi connectivity index (χ0v) is 20.1. The van der Waals surface area contributed by atoms with E-state index in [4.69, 9.17) is 0 Å². The van der Waals surface area contributed by atoms with Gasteiger partial charge in [-0.05, 0) is 67.3 Å². The Kier molecular flexibility index (Phi) is 7.99. The van der Waals surface area contributed by atoms with Gasteiger partial charge in [-0.3, -0.25) is 9.52 Å². The second-order valence-corrected chi connectivity index (χ2v) is 10.4. The predicted molar refractivity (Wildman–Crippen MR) is 133 cm³/mol. The first-order valence-corrected chi connectivity index (χ1v) is 13.0. The lowest BCUT2D eigenvalue weighted by atomic mass is 10.1. The van der Waals surface area contributed by atoms with Crippen LogP contribution < -0.4 is 10.0 Å². The fraction of sp³-hybridized carbons (Fsp3) is 0.240. The van der Waals surface area contributed by atoms with Crippen LogP contribution in [0.3, 0.4) is 0 Å². The lowest BCUT2D eigenvalue weighted by Crippen LogP contribution is -2.26. The summed E-state index contributed by atoms with van der Waals surface area (Å²) in [5.41, 5.74) is 4.90. The van der Waals surface area contributed by atoms with Crippen LogP contribution in [0.4, 0.5) is 5.69 Å². The molecule has 0 radical (unpaired) electrons. The Hall–Kier alpha value is -2.77. The maximum Gasteiger partial charge on any atom is 0.262 e. The van der Waals surface area contributed by atoms with Gasteiger partial charge in [0.15, 0.2) is 0 Å². The number of thioether (sulfide) groups is 1. The molecule has 3 aromatic rings. The van der Waals surface area contributed by atoms with Crippen molar-refractivity contribution in [3.05, 3.63) is 94.5 Å². The second-order valence-electron chi connectivity index (χ2n) is 7.69. The van der Waals surface area contributed by atoms with Gasteiger partial charge in [0.1, 0.15) is 0 Å². The molecule has 0 aliphatic rings. The molecule has 0 saturated carbocycles. The monoisotopic (exact) mass is 468 g/mol. The van der Waals surface area contributed by atoms with E-state index in [9.17, 15) is 13.2 Å². The Bertz CT molecular complexity index is 1210. The second kappa shape index (κ2) is 10.7. The molecule has 2 N–H and O–H groups in total. The summed E-state index contributed by atoms with van der Waals surface area (Å²) in [7, 11) is -3.81. The molecule has 0 aromatic heterocycles. The molecule has 0 saturated heterocycles. The summed E-state index contributed by atoms with van der Waals surface area (Å²) in [5, 5.41) is 2.88. The molecule has 3 aromatic carbocycles. The van der Waals surface area contributed by atoms with Crippen molar-refractivity contribution in [2.24, 2.45) is 0 Å². The highest BCUT2D eigenvalue weighted by Gasteiger charge is 2.19. The van der Waals surface area contributed by atoms with Gasteiger partial charge in [0.2, 0.25) is 0 Å². The highest BCUT2D eigenvalue weighted by atomic mass is 32.2. The Morgan fingerprint density at radius 2 is 1.69 bits per heavy atom. The van der Waals surface area contributed by atoms with Crippen molar-refractivity contribution in [2.75, 3.05) is 17.0 Å². The molecule has 0 aliphatic carbocycles. The van der Waals surface area contributed by atoms with Crippen molar-refractivity contribution in [2.45, 2.75) is 31.4 Å². The molecule has 0 atom stereocenters. The predicted octanol–water partition coefficient (Wildman–Crippen LogP) is 5.08. The van der Waals surface area contributed by atoms with E-state index in [1.807, 2.05) is 25.1 Å². The lowest BCUT2D eigenvalue weighted by Gasteiger charge is -2.13. The number of sulfonamides is 1. The van der Waals surface area contributed by atoms with Gasteiger partial charge >= 0.3 is 0 Å². The van der Waals surface area contributed by atoms with Crippen molar-refractivity contribution >= 4 is 33.4 Å². The molecular weight excluding hydrogens is 440 g/mol. The summed E-state index contributed by atoms with van der Waals surface area (Å²) in [5.74, 6) is 1.38. The summed E-state index contributed by atoms with van der Waals surface area (Å²) in [6, 6.07) is 20.1. The number of carbonyl (C=O) groups excluding carboxylic acids is 1. The number of anilines is 1. The first-order chi connectivity index (χ1) is 15.3. The molecule has 0 aliphatic heterocycles. The van der Waals surface area contributed by atoms with Gasteiger partial charge in [0, 0.05) is 29.3 Å². The molecule has 3 rings (SSSR count). The van der Waals surface area contributed by atoms with Crippen LogP contribution >= 0.6 is 11.8 Å². The topological polar surface area (TPSA) is 75.3 Å². The Balaban J connectivity index is 1.60. The molecule has 0 fully saturated rings. The maximum absolute atomic E-state index is 12.9. The third kappa shape index (κ3) is 6.37. The summed E-state index contributed by atoms with van der Waals surface area (Å²) in [6.07, 6.45) is 0. The number of nitrogens with one attached hydrogen (secondary N) is 2. The summed E-state index contributed by atoms with van der Waals surface area (Å²) in [6.45, 7) is 6.21. The first kappa shape index (κ1) is 23.9. The van der Waals surface area contributed by atoms with Crippen LogP contribution in [-0.2, 0) is 15.8 Å². The van der Waals surface area contributed by atoms with Crippen molar-refractivity contribution < 1.29 is 13.2 Å². The number of hydrogen-bond acceptors (Lipinski definition) is 4. The van der Waals surface area contributed by atoms with Crippen molar-refractivity contribution in [3.8, 4) is 0 Å². The minimum Gasteiger partial charge on any atom is -0.351 e. The fourth-order valence-corrected chi connectivity index (χ4v) is 5.50. The molecule has 168 valence electrons. The average molecular weight is 469 g/mol. The zero-order chi connectivity index (χ0) is 23.1. The molecule has 0 heterocycles. The number of hydrogen-bond donors (Lipinski definition) is 2. The maximum atomic E-state index is 12.9. The third-order valence-corrected chi connectivity index (χ3v) is 7.59. The van der Waals surface area contributed by atoms with Gasteiger partial charge in [-0.2, -0.15) is 11.8 Å². The van der Waals surface area contributed by atoms with Crippen LogP contribution in [-0.4, -0.2) is 26.6 Å². The fourth-order valence-electron chi connectivity index (χ4n) is 3.24. The van der Waals surface area contributed by atoms with E-state index in [1.54, 1.807) is 49.0 Å². The minimum atomic E-state index is -3.81. The first-order valence-electron chi connectivity index (χ1n) is 10.4. The summed E-state index contributed by atoms with van der Waals surface area (Å²) in [4.78, 5) is 12.7. The van der Waals surface area contributed by atoms with E-state index < -0.39 is 10.0 Å². The SMILES string of the molecule is Cc1cccc(NS(=O)(=O)c2cc(C(=O)NCCSCc3ccccc3C)ccc2C)c1. The van der Waals surface area contributed by atoms with Crippen LogP contribution in [0, 0.1) is 20.8 Å². The molecule has 7 heteroatoms. The van der Waals surface area contributed by atoms with Crippen molar-refractivity contribution in [1.82, 2.24) is 5.32 Å². The minimum absolute atomic E-state index is 0.0978. The largest absolute Gasteiger partial charge is 0.351 e. The van der Waals surface area contributed by atoms with E-state index in [0.717, 1.165) is 17.1 Å². The van der Waals surface area contributed by atoms with E-state index in [2.05, 4.69) is 29.1 Å². The number of aryl methyl sites for hydroxylation is 3. The highest BCUT2D eigenvalue weighted by Crippen LogP contribution is 2.21. The van der Waals surface area contributed by atoms with Crippen molar-refractivity contribution in [3.63, 3.8) is 0 Å². The van der Waals surface area contributed by atoms with Crippen LogP contribution in [0.5, 0.6) is 0 Å². The quantitative estimate of drug-likeness (QED) is 0.430. The van der Waals surface area contributed by atoms with Gasteiger partial charge in [0.05, 0.1) is 4.90 Å².